The van der Waals surface area contributed by atoms with Gasteiger partial charge in [0.15, 0.2) is 0 Å². The van der Waals surface area contributed by atoms with Gasteiger partial charge in [-0.25, -0.2) is 4.98 Å². The molecule has 0 bridgehead atoms. The van der Waals surface area contributed by atoms with E-state index in [-0.39, 0.29) is 0 Å². The molecule has 1 aliphatic heterocycles. The van der Waals surface area contributed by atoms with Crippen molar-refractivity contribution < 1.29 is 0 Å². The lowest BCUT2D eigenvalue weighted by molar-refractivity contribution is 0.233. The maximum Gasteiger partial charge on any atom is 0.129 e. The molecule has 19 heavy (non-hydrogen) atoms. The first kappa shape index (κ1) is 14.3. The van der Waals surface area contributed by atoms with E-state index in [1.54, 1.807) is 0 Å². The van der Waals surface area contributed by atoms with Gasteiger partial charge in [0.1, 0.15) is 5.82 Å². The third-order valence-corrected chi connectivity index (χ3v) is 3.95. The average Bonchev–Trinajstić information content (AvgIpc) is 2.42. The van der Waals surface area contributed by atoms with Crippen LogP contribution in [0.2, 0.25) is 0 Å². The number of nitrogens with zero attached hydrogens (tertiary/aromatic N) is 3. The number of aromatic nitrogens is 1. The average molecular weight is 262 g/mol. The minimum atomic E-state index is 0.591. The van der Waals surface area contributed by atoms with Gasteiger partial charge in [0.2, 0.25) is 0 Å². The van der Waals surface area contributed by atoms with Crippen LogP contribution in [0.25, 0.3) is 0 Å². The molecule has 0 radical (unpaired) electrons. The normalized spacial score (nSPS) is 20.8. The summed E-state index contributed by atoms with van der Waals surface area (Å²) in [7, 11) is 4.19. The Bertz CT molecular complexity index is 419. The Balaban J connectivity index is 2.20. The summed E-state index contributed by atoms with van der Waals surface area (Å²) in [5, 5.41) is 3.23. The maximum atomic E-state index is 4.80. The molecule has 4 nitrogen and oxygen atoms in total. The Morgan fingerprint density at radius 2 is 2.16 bits per heavy atom. The second-order valence-electron chi connectivity index (χ2n) is 5.48. The van der Waals surface area contributed by atoms with E-state index in [1.165, 1.54) is 11.3 Å². The third-order valence-electron chi connectivity index (χ3n) is 3.95. The molecule has 1 atom stereocenters. The molecule has 0 saturated carbocycles. The topological polar surface area (TPSA) is 31.4 Å². The molecule has 1 fully saturated rings. The van der Waals surface area contributed by atoms with Crippen LogP contribution in [0.5, 0.6) is 0 Å². The molecular weight excluding hydrogens is 236 g/mol. The van der Waals surface area contributed by atoms with Crippen molar-refractivity contribution in [3.05, 3.63) is 23.4 Å². The van der Waals surface area contributed by atoms with Crippen LogP contribution < -0.4 is 10.2 Å². The first-order valence-corrected chi connectivity index (χ1v) is 7.23. The van der Waals surface area contributed by atoms with Crippen LogP contribution in [-0.2, 0) is 13.0 Å². The minimum Gasteiger partial charge on any atom is -0.354 e. The van der Waals surface area contributed by atoms with E-state index in [0.717, 1.165) is 38.4 Å². The van der Waals surface area contributed by atoms with Gasteiger partial charge in [0.25, 0.3) is 0 Å². The van der Waals surface area contributed by atoms with Gasteiger partial charge in [-0.15, -0.1) is 0 Å². The first-order valence-electron chi connectivity index (χ1n) is 7.23. The van der Waals surface area contributed by atoms with Crippen molar-refractivity contribution in [2.45, 2.75) is 32.9 Å². The molecule has 106 valence electrons. The Hall–Kier alpha value is -1.13. The summed E-state index contributed by atoms with van der Waals surface area (Å²) in [4.78, 5) is 9.63. The fraction of sp³-hybridized carbons (Fsp3) is 0.667. The molecule has 1 aliphatic rings. The molecule has 0 amide bonds. The van der Waals surface area contributed by atoms with Crippen LogP contribution in [0, 0.1) is 0 Å². The number of anilines is 1. The summed E-state index contributed by atoms with van der Waals surface area (Å²) < 4.78 is 0. The van der Waals surface area contributed by atoms with Gasteiger partial charge in [-0.05, 0) is 45.1 Å². The lowest BCUT2D eigenvalue weighted by atomic mass is 10.1. The van der Waals surface area contributed by atoms with E-state index in [0.29, 0.717) is 6.04 Å². The van der Waals surface area contributed by atoms with Gasteiger partial charge in [-0.1, -0.05) is 6.92 Å². The molecule has 1 aromatic heterocycles. The number of aryl methyl sites for hydroxylation is 1. The van der Waals surface area contributed by atoms with Gasteiger partial charge < -0.3 is 15.1 Å². The second kappa shape index (κ2) is 6.35. The zero-order valence-electron chi connectivity index (χ0n) is 12.6. The van der Waals surface area contributed by atoms with Crippen molar-refractivity contribution >= 4 is 5.82 Å². The zero-order valence-corrected chi connectivity index (χ0v) is 12.6. The molecule has 1 aromatic rings. The van der Waals surface area contributed by atoms with Gasteiger partial charge >= 0.3 is 0 Å². The van der Waals surface area contributed by atoms with Crippen molar-refractivity contribution in [3.8, 4) is 0 Å². The number of hydrogen-bond donors (Lipinski definition) is 1. The molecule has 4 heteroatoms. The summed E-state index contributed by atoms with van der Waals surface area (Å²) in [6.45, 7) is 8.61. The number of piperazine rings is 1. The number of pyridine rings is 1. The van der Waals surface area contributed by atoms with E-state index in [2.05, 4.69) is 48.1 Å². The number of nitrogens with one attached hydrogen (secondary N) is 1. The van der Waals surface area contributed by atoms with E-state index in [9.17, 15) is 0 Å². The van der Waals surface area contributed by atoms with Crippen LogP contribution in [0.15, 0.2) is 12.1 Å². The molecule has 1 N–H and O–H groups in total. The SMILES string of the molecule is CCc1cc(CNC)cc(N2CCN(C)C(C)C2)n1. The first-order chi connectivity index (χ1) is 9.13. The Kier molecular flexibility index (Phi) is 4.77. The standard InChI is InChI=1S/C15H26N4/c1-5-14-8-13(10-16-3)9-15(17-14)19-7-6-18(4)12(2)11-19/h8-9,12,16H,5-7,10-11H2,1-4H3. The number of likely N-dealkylation sites (N-methyl/N-ethyl adjacent to an activating group) is 1. The third kappa shape index (κ3) is 3.45. The highest BCUT2D eigenvalue weighted by molar-refractivity contribution is 5.43. The van der Waals surface area contributed by atoms with E-state index < -0.39 is 0 Å². The maximum absolute atomic E-state index is 4.80. The van der Waals surface area contributed by atoms with Gasteiger partial charge in [0, 0.05) is 37.9 Å². The summed E-state index contributed by atoms with van der Waals surface area (Å²) in [6.07, 6.45) is 0.994. The Morgan fingerprint density at radius 3 is 2.79 bits per heavy atom. The van der Waals surface area contributed by atoms with Gasteiger partial charge in [-0.2, -0.15) is 0 Å². The van der Waals surface area contributed by atoms with Crippen molar-refractivity contribution in [3.63, 3.8) is 0 Å². The van der Waals surface area contributed by atoms with Gasteiger partial charge in [0.05, 0.1) is 0 Å². The van der Waals surface area contributed by atoms with Crippen molar-refractivity contribution in [2.75, 3.05) is 38.6 Å². The molecular formula is C15H26N4. The zero-order chi connectivity index (χ0) is 13.8. The predicted octanol–water partition coefficient (Wildman–Crippen LogP) is 1.50. The van der Waals surface area contributed by atoms with E-state index in [4.69, 9.17) is 4.98 Å². The Labute approximate surface area is 116 Å². The molecule has 2 heterocycles. The quantitative estimate of drug-likeness (QED) is 0.891. The van der Waals surface area contributed by atoms with E-state index in [1.807, 2.05) is 7.05 Å². The van der Waals surface area contributed by atoms with Gasteiger partial charge in [-0.3, -0.25) is 0 Å². The molecule has 1 saturated heterocycles. The molecule has 0 aliphatic carbocycles. The largest absolute Gasteiger partial charge is 0.354 e. The number of hydrogen-bond acceptors (Lipinski definition) is 4. The lowest BCUT2D eigenvalue weighted by Crippen LogP contribution is -2.50. The summed E-state index contributed by atoms with van der Waals surface area (Å²) >= 11 is 0. The molecule has 0 spiro atoms. The van der Waals surface area contributed by atoms with Crippen LogP contribution in [-0.4, -0.2) is 49.7 Å². The van der Waals surface area contributed by atoms with Crippen LogP contribution >= 0.6 is 0 Å². The van der Waals surface area contributed by atoms with Crippen molar-refractivity contribution in [1.29, 1.82) is 0 Å². The molecule has 2 rings (SSSR count). The smallest absolute Gasteiger partial charge is 0.129 e. The summed E-state index contributed by atoms with van der Waals surface area (Å²) in [6, 6.07) is 5.03. The van der Waals surface area contributed by atoms with Crippen molar-refractivity contribution in [1.82, 2.24) is 15.2 Å². The predicted molar refractivity (Wildman–Crippen MR) is 80.7 cm³/mol. The van der Waals surface area contributed by atoms with Crippen molar-refractivity contribution in [2.24, 2.45) is 0 Å². The molecule has 1 unspecified atom stereocenters. The lowest BCUT2D eigenvalue weighted by Gasteiger charge is -2.38. The summed E-state index contributed by atoms with van der Waals surface area (Å²) in [5.74, 6) is 1.14. The minimum absolute atomic E-state index is 0.591. The van der Waals surface area contributed by atoms with Crippen LogP contribution in [0.1, 0.15) is 25.1 Å². The number of rotatable bonds is 4. The van der Waals surface area contributed by atoms with Crippen LogP contribution in [0.3, 0.4) is 0 Å². The fourth-order valence-corrected chi connectivity index (χ4v) is 2.54. The van der Waals surface area contributed by atoms with Crippen LogP contribution in [0.4, 0.5) is 5.82 Å². The Morgan fingerprint density at radius 1 is 1.37 bits per heavy atom. The summed E-state index contributed by atoms with van der Waals surface area (Å²) in [5.41, 5.74) is 2.52. The van der Waals surface area contributed by atoms with E-state index >= 15 is 0 Å². The fourth-order valence-electron chi connectivity index (χ4n) is 2.54. The highest BCUT2D eigenvalue weighted by Gasteiger charge is 2.21. The molecule has 0 aromatic carbocycles. The highest BCUT2D eigenvalue weighted by Crippen LogP contribution is 2.19. The monoisotopic (exact) mass is 262 g/mol. The second-order valence-corrected chi connectivity index (χ2v) is 5.48. The highest BCUT2D eigenvalue weighted by atomic mass is 15.3.